The summed E-state index contributed by atoms with van der Waals surface area (Å²) in [6.45, 7) is 4.30. The van der Waals surface area contributed by atoms with Gasteiger partial charge in [0.1, 0.15) is 11.5 Å². The fourth-order valence-corrected chi connectivity index (χ4v) is 2.38. The number of nitrogens with zero attached hydrogens (tertiary/aromatic N) is 1. The van der Waals surface area contributed by atoms with E-state index in [1.165, 1.54) is 13.1 Å². The normalized spacial score (nSPS) is 10.8. The number of amides is 1. The fraction of sp³-hybridized carbons (Fsp3) is 0.263. The Labute approximate surface area is 162 Å². The van der Waals surface area contributed by atoms with Crippen LogP contribution in [0.15, 0.2) is 41.5 Å². The standard InChI is InChI=1S/C19H20Cl2N2O3/c1-13-10-17(5-6-18(13)21)25-8-3-9-26-19-7-4-16(20)11-15(19)12-22-23-14(2)24/h4-7,10-12H,3,8-9H2,1-2H3,(H,23,24)/b22-12-. The molecule has 0 fully saturated rings. The molecule has 5 nitrogen and oxygen atoms in total. The lowest BCUT2D eigenvalue weighted by molar-refractivity contribution is -0.118. The van der Waals surface area contributed by atoms with Crippen LogP contribution in [0.1, 0.15) is 24.5 Å². The van der Waals surface area contributed by atoms with Gasteiger partial charge in [-0.1, -0.05) is 23.2 Å². The lowest BCUT2D eigenvalue weighted by atomic mass is 10.2. The smallest absolute Gasteiger partial charge is 0.236 e. The Kier molecular flexibility index (Phi) is 7.75. The number of carbonyl (C=O) groups excluding carboxylic acids is 1. The van der Waals surface area contributed by atoms with E-state index in [0.29, 0.717) is 36.0 Å². The van der Waals surface area contributed by atoms with Gasteiger partial charge in [0.05, 0.1) is 19.4 Å². The van der Waals surface area contributed by atoms with Crippen LogP contribution in [-0.4, -0.2) is 25.3 Å². The number of hydrazone groups is 1. The second-order valence-electron chi connectivity index (χ2n) is 5.57. The van der Waals surface area contributed by atoms with E-state index in [4.69, 9.17) is 32.7 Å². The van der Waals surface area contributed by atoms with Crippen LogP contribution in [0.2, 0.25) is 10.0 Å². The van der Waals surface area contributed by atoms with Crippen molar-refractivity contribution in [2.45, 2.75) is 20.3 Å². The van der Waals surface area contributed by atoms with E-state index >= 15 is 0 Å². The molecule has 0 spiro atoms. The maximum absolute atomic E-state index is 10.9. The quantitative estimate of drug-likeness (QED) is 0.403. The summed E-state index contributed by atoms with van der Waals surface area (Å²) < 4.78 is 11.5. The Hall–Kier alpha value is -2.24. The highest BCUT2D eigenvalue weighted by Crippen LogP contribution is 2.22. The van der Waals surface area contributed by atoms with Gasteiger partial charge in [0.15, 0.2) is 0 Å². The van der Waals surface area contributed by atoms with Gasteiger partial charge in [0, 0.05) is 29.0 Å². The minimum atomic E-state index is -0.250. The Morgan fingerprint density at radius 3 is 2.65 bits per heavy atom. The SMILES string of the molecule is CC(=O)N/N=C\c1cc(Cl)ccc1OCCCOc1ccc(Cl)c(C)c1. The van der Waals surface area contributed by atoms with E-state index < -0.39 is 0 Å². The van der Waals surface area contributed by atoms with E-state index in [1.54, 1.807) is 18.2 Å². The zero-order valence-corrected chi connectivity index (χ0v) is 16.1. The second kappa shape index (κ2) is 10.0. The largest absolute Gasteiger partial charge is 0.493 e. The molecule has 0 aromatic heterocycles. The summed E-state index contributed by atoms with van der Waals surface area (Å²) in [5.41, 5.74) is 4.00. The van der Waals surface area contributed by atoms with Crippen molar-refractivity contribution in [2.75, 3.05) is 13.2 Å². The first-order valence-corrected chi connectivity index (χ1v) is 8.82. The molecular formula is C19H20Cl2N2O3. The summed E-state index contributed by atoms with van der Waals surface area (Å²) in [6.07, 6.45) is 2.20. The van der Waals surface area contributed by atoms with Crippen LogP contribution in [0.3, 0.4) is 0 Å². The molecule has 1 N–H and O–H groups in total. The Morgan fingerprint density at radius 2 is 1.92 bits per heavy atom. The Morgan fingerprint density at radius 1 is 1.15 bits per heavy atom. The number of ether oxygens (including phenoxy) is 2. The van der Waals surface area contributed by atoms with E-state index in [0.717, 1.165) is 16.3 Å². The predicted molar refractivity (Wildman–Crippen MR) is 105 cm³/mol. The van der Waals surface area contributed by atoms with Gasteiger partial charge in [-0.15, -0.1) is 0 Å². The third kappa shape index (κ3) is 6.58. The molecule has 0 saturated heterocycles. The first-order chi connectivity index (χ1) is 12.5. The highest BCUT2D eigenvalue weighted by molar-refractivity contribution is 6.31. The Balaban J connectivity index is 1.84. The fourth-order valence-electron chi connectivity index (χ4n) is 2.08. The predicted octanol–water partition coefficient (Wildman–Crippen LogP) is 4.62. The molecule has 0 aliphatic rings. The lowest BCUT2D eigenvalue weighted by Crippen LogP contribution is -2.12. The van der Waals surface area contributed by atoms with Crippen molar-refractivity contribution in [3.05, 3.63) is 57.6 Å². The van der Waals surface area contributed by atoms with Crippen LogP contribution < -0.4 is 14.9 Å². The van der Waals surface area contributed by atoms with Crippen molar-refractivity contribution in [1.82, 2.24) is 5.43 Å². The number of hydrogen-bond donors (Lipinski definition) is 1. The van der Waals surface area contributed by atoms with Crippen LogP contribution in [0, 0.1) is 6.92 Å². The summed E-state index contributed by atoms with van der Waals surface area (Å²) in [4.78, 5) is 10.9. The summed E-state index contributed by atoms with van der Waals surface area (Å²) in [7, 11) is 0. The van der Waals surface area contributed by atoms with Crippen molar-refractivity contribution in [3.8, 4) is 11.5 Å². The number of nitrogens with one attached hydrogen (secondary N) is 1. The molecule has 0 saturated carbocycles. The third-order valence-corrected chi connectivity index (χ3v) is 4.00. The molecule has 1 amide bonds. The Bertz CT molecular complexity index is 794. The first kappa shape index (κ1) is 20.1. The minimum absolute atomic E-state index is 0.250. The lowest BCUT2D eigenvalue weighted by Gasteiger charge is -2.11. The van der Waals surface area contributed by atoms with Gasteiger partial charge in [0.2, 0.25) is 5.91 Å². The zero-order chi connectivity index (χ0) is 18.9. The molecule has 0 aliphatic heterocycles. The van der Waals surface area contributed by atoms with Crippen molar-refractivity contribution >= 4 is 35.3 Å². The number of hydrogen-bond acceptors (Lipinski definition) is 4. The van der Waals surface area contributed by atoms with Crippen molar-refractivity contribution in [3.63, 3.8) is 0 Å². The molecule has 138 valence electrons. The molecule has 0 heterocycles. The monoisotopic (exact) mass is 394 g/mol. The third-order valence-electron chi connectivity index (χ3n) is 3.34. The summed E-state index contributed by atoms with van der Waals surface area (Å²) in [5.74, 6) is 1.16. The number of halogens is 2. The molecule has 26 heavy (non-hydrogen) atoms. The topological polar surface area (TPSA) is 59.9 Å². The van der Waals surface area contributed by atoms with Crippen LogP contribution in [0.5, 0.6) is 11.5 Å². The molecule has 2 rings (SSSR count). The highest BCUT2D eigenvalue weighted by Gasteiger charge is 2.04. The highest BCUT2D eigenvalue weighted by atomic mass is 35.5. The number of rotatable bonds is 8. The van der Waals surface area contributed by atoms with Gasteiger partial charge in [0.25, 0.3) is 0 Å². The maximum Gasteiger partial charge on any atom is 0.236 e. The average molecular weight is 395 g/mol. The van der Waals surface area contributed by atoms with Crippen LogP contribution in [0.25, 0.3) is 0 Å². The van der Waals surface area contributed by atoms with E-state index in [1.807, 2.05) is 25.1 Å². The zero-order valence-electron chi connectivity index (χ0n) is 14.6. The van der Waals surface area contributed by atoms with Gasteiger partial charge in [-0.3, -0.25) is 4.79 Å². The molecule has 2 aromatic rings. The van der Waals surface area contributed by atoms with Crippen LogP contribution in [-0.2, 0) is 4.79 Å². The van der Waals surface area contributed by atoms with Gasteiger partial charge >= 0.3 is 0 Å². The van der Waals surface area contributed by atoms with Gasteiger partial charge in [-0.25, -0.2) is 5.43 Å². The average Bonchev–Trinajstić information content (AvgIpc) is 2.59. The molecule has 0 unspecified atom stereocenters. The molecule has 7 heteroatoms. The van der Waals surface area contributed by atoms with E-state index in [9.17, 15) is 4.79 Å². The van der Waals surface area contributed by atoms with Crippen molar-refractivity contribution in [2.24, 2.45) is 5.10 Å². The molecule has 0 radical (unpaired) electrons. The number of aryl methyl sites for hydroxylation is 1. The minimum Gasteiger partial charge on any atom is -0.493 e. The van der Waals surface area contributed by atoms with Gasteiger partial charge in [-0.05, 0) is 48.9 Å². The molecule has 0 aliphatic carbocycles. The molecule has 2 aromatic carbocycles. The van der Waals surface area contributed by atoms with E-state index in [-0.39, 0.29) is 5.91 Å². The molecular weight excluding hydrogens is 375 g/mol. The van der Waals surface area contributed by atoms with Gasteiger partial charge < -0.3 is 9.47 Å². The second-order valence-corrected chi connectivity index (χ2v) is 6.41. The van der Waals surface area contributed by atoms with Crippen molar-refractivity contribution in [1.29, 1.82) is 0 Å². The summed E-state index contributed by atoms with van der Waals surface area (Å²) in [5, 5.41) is 5.12. The van der Waals surface area contributed by atoms with E-state index in [2.05, 4.69) is 10.5 Å². The van der Waals surface area contributed by atoms with Gasteiger partial charge in [-0.2, -0.15) is 5.10 Å². The number of benzene rings is 2. The molecule has 0 atom stereocenters. The van der Waals surface area contributed by atoms with Crippen molar-refractivity contribution < 1.29 is 14.3 Å². The maximum atomic E-state index is 10.9. The molecule has 0 bridgehead atoms. The summed E-state index contributed by atoms with van der Waals surface area (Å²) >= 11 is 12.0. The summed E-state index contributed by atoms with van der Waals surface area (Å²) in [6, 6.07) is 10.8. The van der Waals surface area contributed by atoms with Crippen LogP contribution in [0.4, 0.5) is 0 Å². The number of carbonyl (C=O) groups is 1. The van der Waals surface area contributed by atoms with Crippen LogP contribution >= 0.6 is 23.2 Å². The first-order valence-electron chi connectivity index (χ1n) is 8.06.